The SMILES string of the molecule is Cc1ccc(C=Nc2ccc3nc(N)nc(N)c3c2)cc1. The van der Waals surface area contributed by atoms with Gasteiger partial charge in [0.15, 0.2) is 0 Å². The molecule has 0 amide bonds. The molecular weight excluding hydrogens is 262 g/mol. The van der Waals surface area contributed by atoms with Crippen molar-refractivity contribution in [3.63, 3.8) is 0 Å². The third-order valence-electron chi connectivity index (χ3n) is 3.17. The van der Waals surface area contributed by atoms with Gasteiger partial charge in [0.1, 0.15) is 5.82 Å². The quantitative estimate of drug-likeness (QED) is 0.705. The summed E-state index contributed by atoms with van der Waals surface area (Å²) in [5, 5.41) is 0.753. The number of rotatable bonds is 2. The van der Waals surface area contributed by atoms with E-state index in [0.717, 1.165) is 16.6 Å². The van der Waals surface area contributed by atoms with E-state index in [0.29, 0.717) is 11.3 Å². The molecule has 0 aliphatic carbocycles. The molecule has 1 aromatic heterocycles. The molecular formula is C16H15N5. The van der Waals surface area contributed by atoms with Gasteiger partial charge in [-0.2, -0.15) is 4.98 Å². The van der Waals surface area contributed by atoms with Gasteiger partial charge in [-0.15, -0.1) is 0 Å². The van der Waals surface area contributed by atoms with Crippen LogP contribution >= 0.6 is 0 Å². The second-order valence-corrected chi connectivity index (χ2v) is 4.84. The third kappa shape index (κ3) is 2.81. The van der Waals surface area contributed by atoms with Gasteiger partial charge >= 0.3 is 0 Å². The minimum absolute atomic E-state index is 0.177. The number of hydrogen-bond acceptors (Lipinski definition) is 5. The first-order chi connectivity index (χ1) is 10.1. The second-order valence-electron chi connectivity index (χ2n) is 4.84. The molecule has 0 atom stereocenters. The van der Waals surface area contributed by atoms with Crippen molar-refractivity contribution in [1.82, 2.24) is 9.97 Å². The largest absolute Gasteiger partial charge is 0.383 e. The number of nitrogens with zero attached hydrogens (tertiary/aromatic N) is 3. The second kappa shape index (κ2) is 5.20. The smallest absolute Gasteiger partial charge is 0.222 e. The maximum absolute atomic E-state index is 5.87. The van der Waals surface area contributed by atoms with Gasteiger partial charge in [0.05, 0.1) is 11.2 Å². The van der Waals surface area contributed by atoms with Gasteiger partial charge in [-0.25, -0.2) is 4.98 Å². The molecule has 2 aromatic carbocycles. The van der Waals surface area contributed by atoms with E-state index < -0.39 is 0 Å². The van der Waals surface area contributed by atoms with E-state index in [1.807, 2.05) is 36.5 Å². The minimum atomic E-state index is 0.177. The summed E-state index contributed by atoms with van der Waals surface area (Å²) in [5.41, 5.74) is 15.2. The van der Waals surface area contributed by atoms with Gasteiger partial charge in [0.2, 0.25) is 5.95 Å². The van der Waals surface area contributed by atoms with Crippen molar-refractivity contribution in [2.75, 3.05) is 11.5 Å². The fourth-order valence-corrected chi connectivity index (χ4v) is 2.04. The Kier molecular flexibility index (Phi) is 3.23. The average molecular weight is 277 g/mol. The van der Waals surface area contributed by atoms with Gasteiger partial charge in [0.25, 0.3) is 0 Å². The van der Waals surface area contributed by atoms with E-state index in [4.69, 9.17) is 11.5 Å². The number of nitrogens with two attached hydrogens (primary N) is 2. The third-order valence-corrected chi connectivity index (χ3v) is 3.17. The summed E-state index contributed by atoms with van der Waals surface area (Å²) in [7, 11) is 0. The number of benzene rings is 2. The highest BCUT2D eigenvalue weighted by molar-refractivity contribution is 5.92. The maximum Gasteiger partial charge on any atom is 0.222 e. The Bertz CT molecular complexity index is 822. The predicted octanol–water partition coefficient (Wildman–Crippen LogP) is 2.85. The summed E-state index contributed by atoms with van der Waals surface area (Å²) < 4.78 is 0. The summed E-state index contributed by atoms with van der Waals surface area (Å²) in [6, 6.07) is 13.7. The number of aromatic nitrogens is 2. The highest BCUT2D eigenvalue weighted by Gasteiger charge is 2.03. The van der Waals surface area contributed by atoms with Crippen LogP contribution in [0.2, 0.25) is 0 Å². The average Bonchev–Trinajstić information content (AvgIpc) is 2.47. The van der Waals surface area contributed by atoms with Crippen molar-refractivity contribution < 1.29 is 0 Å². The molecule has 21 heavy (non-hydrogen) atoms. The van der Waals surface area contributed by atoms with E-state index in [2.05, 4.69) is 34.0 Å². The Morgan fingerprint density at radius 3 is 2.52 bits per heavy atom. The van der Waals surface area contributed by atoms with E-state index in [9.17, 15) is 0 Å². The molecule has 5 nitrogen and oxygen atoms in total. The van der Waals surface area contributed by atoms with Gasteiger partial charge in [-0.1, -0.05) is 29.8 Å². The lowest BCUT2D eigenvalue weighted by Gasteiger charge is -2.03. The first-order valence-corrected chi connectivity index (χ1v) is 6.55. The molecule has 0 aliphatic heterocycles. The molecule has 5 heteroatoms. The lowest BCUT2D eigenvalue weighted by atomic mass is 10.2. The standard InChI is InChI=1S/C16H15N5/c1-10-2-4-11(5-3-10)9-19-12-6-7-14-13(8-12)15(17)21-16(18)20-14/h2-9H,1H3,(H4,17,18,20,21). The summed E-state index contributed by atoms with van der Waals surface area (Å²) in [5.74, 6) is 0.542. The molecule has 0 spiro atoms. The summed E-state index contributed by atoms with van der Waals surface area (Å²) in [6.45, 7) is 2.05. The van der Waals surface area contributed by atoms with Crippen LogP contribution in [-0.2, 0) is 0 Å². The molecule has 0 saturated heterocycles. The Morgan fingerprint density at radius 2 is 1.76 bits per heavy atom. The van der Waals surface area contributed by atoms with Crippen LogP contribution in [0.3, 0.4) is 0 Å². The van der Waals surface area contributed by atoms with Gasteiger partial charge in [-0.05, 0) is 30.7 Å². The maximum atomic E-state index is 5.87. The molecule has 0 radical (unpaired) electrons. The Labute approximate surface area is 122 Å². The van der Waals surface area contributed by atoms with Gasteiger partial charge in [-0.3, -0.25) is 4.99 Å². The zero-order chi connectivity index (χ0) is 14.8. The highest BCUT2D eigenvalue weighted by Crippen LogP contribution is 2.24. The number of anilines is 2. The molecule has 0 saturated carbocycles. The van der Waals surface area contributed by atoms with Crippen LogP contribution in [0, 0.1) is 6.92 Å². The first kappa shape index (κ1) is 13.1. The number of aliphatic imine (C=N–C) groups is 1. The highest BCUT2D eigenvalue weighted by atomic mass is 15.0. The number of aryl methyl sites for hydroxylation is 1. The molecule has 3 rings (SSSR count). The lowest BCUT2D eigenvalue weighted by Crippen LogP contribution is -2.00. The molecule has 104 valence electrons. The monoisotopic (exact) mass is 277 g/mol. The van der Waals surface area contributed by atoms with Crippen molar-refractivity contribution >= 4 is 34.6 Å². The van der Waals surface area contributed by atoms with Gasteiger partial charge in [0, 0.05) is 11.6 Å². The molecule has 4 N–H and O–H groups in total. The van der Waals surface area contributed by atoms with E-state index in [1.165, 1.54) is 5.56 Å². The van der Waals surface area contributed by atoms with Crippen molar-refractivity contribution in [1.29, 1.82) is 0 Å². The van der Waals surface area contributed by atoms with Crippen LogP contribution in [0.4, 0.5) is 17.5 Å². The van der Waals surface area contributed by atoms with Crippen LogP contribution in [0.1, 0.15) is 11.1 Å². The van der Waals surface area contributed by atoms with Crippen LogP contribution in [0.25, 0.3) is 10.9 Å². The Hall–Kier alpha value is -2.95. The molecule has 0 unspecified atom stereocenters. The summed E-state index contributed by atoms with van der Waals surface area (Å²) in [6.07, 6.45) is 1.81. The molecule has 3 aromatic rings. The topological polar surface area (TPSA) is 90.2 Å². The predicted molar refractivity (Wildman–Crippen MR) is 86.8 cm³/mol. The molecule has 1 heterocycles. The molecule has 0 bridgehead atoms. The van der Waals surface area contributed by atoms with Crippen LogP contribution in [-0.4, -0.2) is 16.2 Å². The van der Waals surface area contributed by atoms with E-state index >= 15 is 0 Å². The van der Waals surface area contributed by atoms with E-state index in [-0.39, 0.29) is 5.95 Å². The van der Waals surface area contributed by atoms with Crippen molar-refractivity contribution in [2.45, 2.75) is 6.92 Å². The zero-order valence-electron chi connectivity index (χ0n) is 11.6. The normalized spacial score (nSPS) is 11.3. The summed E-state index contributed by atoms with van der Waals surface area (Å²) >= 11 is 0. The number of fused-ring (bicyclic) bond motifs is 1. The zero-order valence-corrected chi connectivity index (χ0v) is 11.6. The first-order valence-electron chi connectivity index (χ1n) is 6.55. The van der Waals surface area contributed by atoms with Crippen molar-refractivity contribution in [3.05, 3.63) is 53.6 Å². The number of hydrogen-bond donors (Lipinski definition) is 2. The lowest BCUT2D eigenvalue weighted by molar-refractivity contribution is 1.24. The fraction of sp³-hybridized carbons (Fsp3) is 0.0625. The minimum Gasteiger partial charge on any atom is -0.383 e. The van der Waals surface area contributed by atoms with Crippen LogP contribution in [0.15, 0.2) is 47.5 Å². The van der Waals surface area contributed by atoms with E-state index in [1.54, 1.807) is 0 Å². The van der Waals surface area contributed by atoms with Crippen LogP contribution in [0.5, 0.6) is 0 Å². The Balaban J connectivity index is 1.96. The molecule has 0 aliphatic rings. The van der Waals surface area contributed by atoms with Crippen molar-refractivity contribution in [2.24, 2.45) is 4.99 Å². The number of nitrogen functional groups attached to an aromatic ring is 2. The molecule has 0 fully saturated rings. The summed E-state index contributed by atoms with van der Waals surface area (Å²) in [4.78, 5) is 12.6. The van der Waals surface area contributed by atoms with Gasteiger partial charge < -0.3 is 11.5 Å². The van der Waals surface area contributed by atoms with Crippen molar-refractivity contribution in [3.8, 4) is 0 Å². The fourth-order valence-electron chi connectivity index (χ4n) is 2.04. The Morgan fingerprint density at radius 1 is 1.00 bits per heavy atom. The van der Waals surface area contributed by atoms with Crippen LogP contribution < -0.4 is 11.5 Å².